The van der Waals surface area contributed by atoms with Crippen LogP contribution < -0.4 is 25.9 Å². The number of nitrogens with zero attached hydrogens (tertiary/aromatic N) is 2. The van der Waals surface area contributed by atoms with Crippen molar-refractivity contribution in [3.8, 4) is 0 Å². The van der Waals surface area contributed by atoms with Gasteiger partial charge in [-0.05, 0) is 12.1 Å². The van der Waals surface area contributed by atoms with Gasteiger partial charge in [0, 0.05) is 34.2 Å². The Kier molecular flexibility index (Phi) is 6.31. The lowest BCUT2D eigenvalue weighted by atomic mass is 10.1. The highest BCUT2D eigenvalue weighted by molar-refractivity contribution is 6.06. The van der Waals surface area contributed by atoms with Crippen LogP contribution in [0.3, 0.4) is 0 Å². The van der Waals surface area contributed by atoms with E-state index in [0.29, 0.717) is 43.4 Å². The molecule has 9 nitrogen and oxygen atoms in total. The first-order valence-electron chi connectivity index (χ1n) is 7.96. The largest absolute Gasteiger partial charge is 0.513 e. The van der Waals surface area contributed by atoms with Crippen molar-refractivity contribution in [3.63, 3.8) is 0 Å². The maximum absolute atomic E-state index is 12.3. The van der Waals surface area contributed by atoms with Gasteiger partial charge in [0.15, 0.2) is 0 Å². The highest BCUT2D eigenvalue weighted by Crippen LogP contribution is 2.37. The number of rotatable bonds is 6. The van der Waals surface area contributed by atoms with Crippen LogP contribution in [0, 0.1) is 0 Å². The molecule has 1 fully saturated rings. The predicted molar refractivity (Wildman–Crippen MR) is 97.6 cm³/mol. The minimum atomic E-state index is -0.466. The van der Waals surface area contributed by atoms with Crippen molar-refractivity contribution < 1.29 is 19.8 Å². The second-order valence-corrected chi connectivity index (χ2v) is 5.51. The summed E-state index contributed by atoms with van der Waals surface area (Å²) in [4.78, 5) is 14.4. The predicted octanol–water partition coefficient (Wildman–Crippen LogP) is 0.948. The van der Waals surface area contributed by atoms with E-state index in [1.807, 2.05) is 0 Å². The summed E-state index contributed by atoms with van der Waals surface area (Å²) in [6, 6.07) is 3.55. The van der Waals surface area contributed by atoms with Crippen LogP contribution in [0.1, 0.15) is 0 Å². The Morgan fingerprint density at radius 2 is 1.96 bits per heavy atom. The summed E-state index contributed by atoms with van der Waals surface area (Å²) in [7, 11) is 4.81. The summed E-state index contributed by atoms with van der Waals surface area (Å²) in [6.07, 6.45) is 0.721. The van der Waals surface area contributed by atoms with Crippen molar-refractivity contribution in [2.24, 2.45) is 0 Å². The van der Waals surface area contributed by atoms with Gasteiger partial charge in [-0.15, -0.1) is 0 Å². The van der Waals surface area contributed by atoms with E-state index in [9.17, 15) is 10.0 Å². The van der Waals surface area contributed by atoms with E-state index in [-0.39, 0.29) is 5.70 Å². The number of likely N-dealkylation sites (N-methyl/N-ethyl adjacent to an activating group) is 1. The second-order valence-electron chi connectivity index (χ2n) is 5.51. The Bertz CT molecular complexity index is 642. The molecule has 0 unspecified atom stereocenters. The summed E-state index contributed by atoms with van der Waals surface area (Å²) >= 11 is 0. The fraction of sp³-hybridized carbons (Fsp3) is 0.438. The van der Waals surface area contributed by atoms with Gasteiger partial charge in [-0.25, -0.2) is 0 Å². The average molecular weight is 351 g/mol. The number of hydroxylamine groups is 1. The molecule has 25 heavy (non-hydrogen) atoms. The van der Waals surface area contributed by atoms with Crippen molar-refractivity contribution >= 4 is 28.7 Å². The normalized spacial score (nSPS) is 14.9. The van der Waals surface area contributed by atoms with Gasteiger partial charge in [0.1, 0.15) is 12.0 Å². The number of amides is 1. The van der Waals surface area contributed by atoms with E-state index in [1.165, 1.54) is 7.05 Å². The smallest absolute Gasteiger partial charge is 0.274 e. The Balaban J connectivity index is 2.45. The van der Waals surface area contributed by atoms with Crippen molar-refractivity contribution in [1.82, 2.24) is 5.32 Å². The van der Waals surface area contributed by atoms with Gasteiger partial charge in [0.05, 0.1) is 36.0 Å². The molecule has 0 bridgehead atoms. The molecule has 0 aliphatic carbocycles. The lowest BCUT2D eigenvalue weighted by Gasteiger charge is -2.32. The molecule has 138 valence electrons. The number of carbonyl (C=O) groups is 1. The van der Waals surface area contributed by atoms with Crippen LogP contribution in [0.5, 0.6) is 0 Å². The first-order chi connectivity index (χ1) is 12.0. The number of aliphatic hydroxyl groups is 1. The number of ether oxygens (including phenoxy) is 1. The number of hydrogen-bond acceptors (Lipinski definition) is 8. The number of carbonyl (C=O) groups excluding carboxylic acids is 1. The molecule has 9 heteroatoms. The molecule has 1 aliphatic rings. The molecule has 1 aromatic rings. The van der Waals surface area contributed by atoms with Gasteiger partial charge >= 0.3 is 0 Å². The third-order valence-electron chi connectivity index (χ3n) is 3.98. The van der Waals surface area contributed by atoms with Gasteiger partial charge in [-0.2, -0.15) is 0 Å². The zero-order valence-electron chi connectivity index (χ0n) is 14.7. The molecule has 0 spiro atoms. The zero-order valence-corrected chi connectivity index (χ0v) is 14.7. The molecular weight excluding hydrogens is 326 g/mol. The van der Waals surface area contributed by atoms with E-state index in [2.05, 4.69) is 20.9 Å². The average Bonchev–Trinajstić information content (AvgIpc) is 2.62. The third kappa shape index (κ3) is 4.25. The van der Waals surface area contributed by atoms with Gasteiger partial charge in [-0.1, -0.05) is 0 Å². The maximum Gasteiger partial charge on any atom is 0.274 e. The van der Waals surface area contributed by atoms with Crippen LogP contribution in [0.25, 0.3) is 0 Å². The fourth-order valence-electron chi connectivity index (χ4n) is 2.64. The van der Waals surface area contributed by atoms with Crippen LogP contribution in [0.15, 0.2) is 24.1 Å². The van der Waals surface area contributed by atoms with Crippen LogP contribution in [-0.4, -0.2) is 63.7 Å². The lowest BCUT2D eigenvalue weighted by Crippen LogP contribution is -2.37. The standard InChI is InChI=1S/C16H25N5O4/c1-17-11-8-12(19-16(23)13(10-22)18-2)15(9-14(11)20(3)24)21-4-6-25-7-5-21/h8-10,17-18,22,24H,4-7H2,1-3H3,(H,19,23)/b13-10-. The molecule has 0 aromatic heterocycles. The van der Waals surface area contributed by atoms with E-state index in [1.54, 1.807) is 26.2 Å². The quantitative estimate of drug-likeness (QED) is 0.293. The van der Waals surface area contributed by atoms with Crippen molar-refractivity contribution in [1.29, 1.82) is 0 Å². The number of hydrogen-bond donors (Lipinski definition) is 5. The molecule has 1 aliphatic heterocycles. The number of nitrogens with one attached hydrogen (secondary N) is 3. The molecule has 1 aromatic carbocycles. The molecule has 5 N–H and O–H groups in total. The molecular formula is C16H25N5O4. The first kappa shape index (κ1) is 18.7. The van der Waals surface area contributed by atoms with Gasteiger partial charge in [0.2, 0.25) is 0 Å². The molecule has 0 saturated carbocycles. The summed E-state index contributed by atoms with van der Waals surface area (Å²) in [5.74, 6) is -0.466. The first-order valence-corrected chi connectivity index (χ1v) is 7.96. The van der Waals surface area contributed by atoms with Crippen LogP contribution in [0.2, 0.25) is 0 Å². The van der Waals surface area contributed by atoms with Crippen LogP contribution >= 0.6 is 0 Å². The third-order valence-corrected chi connectivity index (χ3v) is 3.98. The molecule has 1 amide bonds. The molecule has 1 saturated heterocycles. The van der Waals surface area contributed by atoms with E-state index < -0.39 is 5.91 Å². The number of benzene rings is 1. The number of aliphatic hydroxyl groups excluding tert-OH is 1. The van der Waals surface area contributed by atoms with Gasteiger partial charge in [0.25, 0.3) is 5.91 Å². The summed E-state index contributed by atoms with van der Waals surface area (Å²) in [5.41, 5.74) is 2.60. The van der Waals surface area contributed by atoms with Crippen LogP contribution in [-0.2, 0) is 9.53 Å². The SMILES string of the molecule is CN/C(=C\O)C(=O)Nc1cc(NC)c(N(C)O)cc1N1CCOCC1. The fourth-order valence-corrected chi connectivity index (χ4v) is 2.64. The number of morpholine rings is 1. The minimum Gasteiger partial charge on any atom is -0.513 e. The van der Waals surface area contributed by atoms with E-state index in [0.717, 1.165) is 17.0 Å². The minimum absolute atomic E-state index is 0.0438. The van der Waals surface area contributed by atoms with Gasteiger partial charge in [-0.3, -0.25) is 15.1 Å². The molecule has 0 radical (unpaired) electrons. The molecule has 1 heterocycles. The van der Waals surface area contributed by atoms with E-state index >= 15 is 0 Å². The second kappa shape index (κ2) is 8.45. The Hall–Kier alpha value is -2.65. The zero-order chi connectivity index (χ0) is 18.4. The Labute approximate surface area is 146 Å². The van der Waals surface area contributed by atoms with Gasteiger partial charge < -0.3 is 30.7 Å². The summed E-state index contributed by atoms with van der Waals surface area (Å²) < 4.78 is 5.38. The highest BCUT2D eigenvalue weighted by Gasteiger charge is 2.21. The van der Waals surface area contributed by atoms with Crippen LogP contribution in [0.4, 0.5) is 22.7 Å². The maximum atomic E-state index is 12.3. The highest BCUT2D eigenvalue weighted by atomic mass is 16.5. The number of anilines is 4. The topological polar surface area (TPSA) is 109 Å². The lowest BCUT2D eigenvalue weighted by molar-refractivity contribution is -0.113. The molecule has 0 atom stereocenters. The van der Waals surface area contributed by atoms with Crippen molar-refractivity contribution in [3.05, 3.63) is 24.1 Å². The van der Waals surface area contributed by atoms with Crippen molar-refractivity contribution in [2.45, 2.75) is 0 Å². The van der Waals surface area contributed by atoms with Crippen molar-refractivity contribution in [2.75, 3.05) is 68.0 Å². The Morgan fingerprint density at radius 1 is 1.28 bits per heavy atom. The summed E-state index contributed by atoms with van der Waals surface area (Å²) in [5, 5.41) is 28.5. The summed E-state index contributed by atoms with van der Waals surface area (Å²) in [6.45, 7) is 2.52. The monoisotopic (exact) mass is 351 g/mol. The Morgan fingerprint density at radius 3 is 2.48 bits per heavy atom. The molecule has 2 rings (SSSR count). The van der Waals surface area contributed by atoms with E-state index in [4.69, 9.17) is 9.84 Å².